The maximum absolute atomic E-state index is 12.3. The molecule has 4 aromatic carbocycles. The predicted octanol–water partition coefficient (Wildman–Crippen LogP) is 7.06. The number of rotatable bonds is 17. The molecule has 4 rings (SSSR count). The minimum absolute atomic E-state index is 0.0803. The average molecular weight is 653 g/mol. The summed E-state index contributed by atoms with van der Waals surface area (Å²) in [6, 6.07) is 22.3. The maximum atomic E-state index is 12.3. The molecule has 0 amide bonds. The molecule has 0 heterocycles. The molecule has 0 aliphatic heterocycles. The second-order valence-corrected chi connectivity index (χ2v) is 10.6. The maximum Gasteiger partial charge on any atom is 0.340 e. The summed E-state index contributed by atoms with van der Waals surface area (Å²) >= 11 is 0. The normalized spacial score (nSPS) is 10.8. The molecule has 246 valence electrons. The number of hydrogen-bond acceptors (Lipinski definition) is 7. The third kappa shape index (κ3) is 8.73. The number of allylic oxidation sites excluding steroid dienone is 1. The van der Waals surface area contributed by atoms with E-state index in [9.17, 15) is 44.4 Å². The van der Waals surface area contributed by atoms with Gasteiger partial charge in [0, 0.05) is 5.56 Å². The Morgan fingerprint density at radius 1 is 0.542 bits per heavy atom. The van der Waals surface area contributed by atoms with Crippen LogP contribution in [0.4, 0.5) is 0 Å². The first kappa shape index (κ1) is 34.6. The van der Waals surface area contributed by atoms with Gasteiger partial charge in [-0.15, -0.1) is 0 Å². The van der Waals surface area contributed by atoms with Gasteiger partial charge in [-0.1, -0.05) is 60.7 Å². The summed E-state index contributed by atoms with van der Waals surface area (Å²) in [5, 5.41) is 39.0. The molecule has 0 fully saturated rings. The highest BCUT2D eigenvalue weighted by molar-refractivity contribution is 6.12. The lowest BCUT2D eigenvalue weighted by atomic mass is 9.89. The van der Waals surface area contributed by atoms with Crippen molar-refractivity contribution in [2.24, 2.45) is 0 Å². The van der Waals surface area contributed by atoms with Crippen LogP contribution in [-0.2, 0) is 0 Å². The Labute approximate surface area is 275 Å². The van der Waals surface area contributed by atoms with E-state index in [0.717, 1.165) is 30.9 Å². The zero-order chi connectivity index (χ0) is 34.6. The van der Waals surface area contributed by atoms with E-state index < -0.39 is 46.1 Å². The van der Waals surface area contributed by atoms with Gasteiger partial charge in [0.05, 0.1) is 29.9 Å². The highest BCUT2D eigenvalue weighted by atomic mass is 16.5. The van der Waals surface area contributed by atoms with E-state index >= 15 is 0 Å². The first-order valence-electron chi connectivity index (χ1n) is 14.9. The molecule has 11 nitrogen and oxygen atoms in total. The van der Waals surface area contributed by atoms with Crippen molar-refractivity contribution in [2.45, 2.75) is 25.7 Å². The molecule has 0 saturated carbocycles. The summed E-state index contributed by atoms with van der Waals surface area (Å²) in [4.78, 5) is 60.3. The number of ketones is 1. The van der Waals surface area contributed by atoms with Crippen LogP contribution < -0.4 is 9.47 Å². The first-order valence-corrected chi connectivity index (χ1v) is 14.9. The van der Waals surface area contributed by atoms with Gasteiger partial charge in [-0.25, -0.2) is 19.2 Å². The van der Waals surface area contributed by atoms with Gasteiger partial charge >= 0.3 is 23.9 Å². The van der Waals surface area contributed by atoms with Gasteiger partial charge in [0.15, 0.2) is 5.78 Å². The van der Waals surface area contributed by atoms with Crippen molar-refractivity contribution in [3.8, 4) is 22.6 Å². The minimum Gasteiger partial charge on any atom is -0.494 e. The van der Waals surface area contributed by atoms with Gasteiger partial charge in [-0.3, -0.25) is 4.79 Å². The first-order chi connectivity index (χ1) is 23.1. The van der Waals surface area contributed by atoms with Gasteiger partial charge in [0.25, 0.3) is 0 Å². The quantitative estimate of drug-likeness (QED) is 0.0520. The van der Waals surface area contributed by atoms with Crippen molar-refractivity contribution in [1.29, 1.82) is 0 Å². The van der Waals surface area contributed by atoms with E-state index in [0.29, 0.717) is 24.3 Å². The fraction of sp³-hybridized carbons (Fsp3) is 0.162. The molecule has 0 spiro atoms. The Hall–Kier alpha value is -6.23. The molecule has 0 aromatic heterocycles. The zero-order valence-corrected chi connectivity index (χ0v) is 25.6. The fourth-order valence-electron chi connectivity index (χ4n) is 5.02. The largest absolute Gasteiger partial charge is 0.494 e. The number of benzene rings is 4. The van der Waals surface area contributed by atoms with Crippen LogP contribution in [0.1, 0.15) is 83.0 Å². The van der Waals surface area contributed by atoms with Crippen LogP contribution in [0, 0.1) is 0 Å². The molecule has 0 unspecified atom stereocenters. The van der Waals surface area contributed by atoms with Crippen molar-refractivity contribution >= 4 is 35.7 Å². The molecule has 0 radical (unpaired) electrons. The lowest BCUT2D eigenvalue weighted by molar-refractivity contribution is 0.0647. The van der Waals surface area contributed by atoms with E-state index in [1.807, 2.05) is 42.5 Å². The second-order valence-electron chi connectivity index (χ2n) is 10.6. The lowest BCUT2D eigenvalue weighted by Gasteiger charge is -2.16. The van der Waals surface area contributed by atoms with Crippen molar-refractivity contribution in [3.05, 3.63) is 124 Å². The molecule has 11 heteroatoms. The Morgan fingerprint density at radius 2 is 1.15 bits per heavy atom. The number of carboxylic acids is 4. The summed E-state index contributed by atoms with van der Waals surface area (Å²) in [5.41, 5.74) is -1.66. The van der Waals surface area contributed by atoms with Crippen LogP contribution in [-0.4, -0.2) is 63.3 Å². The van der Waals surface area contributed by atoms with Crippen LogP contribution in [0.15, 0.2) is 91.0 Å². The minimum atomic E-state index is -1.64. The Morgan fingerprint density at radius 3 is 1.75 bits per heavy atom. The number of carboxylic acid groups (broad SMARTS) is 4. The van der Waals surface area contributed by atoms with Crippen molar-refractivity contribution in [3.63, 3.8) is 0 Å². The molecule has 0 bridgehead atoms. The highest BCUT2D eigenvalue weighted by Crippen LogP contribution is 2.36. The van der Waals surface area contributed by atoms with Crippen LogP contribution >= 0.6 is 0 Å². The van der Waals surface area contributed by atoms with Crippen LogP contribution in [0.5, 0.6) is 11.5 Å². The second kappa shape index (κ2) is 16.4. The smallest absolute Gasteiger partial charge is 0.340 e. The molecular weight excluding hydrogens is 620 g/mol. The number of carbonyl (C=O) groups is 5. The summed E-state index contributed by atoms with van der Waals surface area (Å²) in [5.74, 6) is -5.99. The number of aromatic carboxylic acids is 4. The molecule has 0 saturated heterocycles. The summed E-state index contributed by atoms with van der Waals surface area (Å²) < 4.78 is 11.4. The Balaban J connectivity index is 1.29. The molecule has 4 aromatic rings. The number of unbranched alkanes of at least 4 members (excludes halogenated alkanes) is 3. The fourth-order valence-corrected chi connectivity index (χ4v) is 5.02. The molecule has 0 aliphatic rings. The van der Waals surface area contributed by atoms with Crippen LogP contribution in [0.3, 0.4) is 0 Å². The van der Waals surface area contributed by atoms with E-state index in [1.165, 1.54) is 30.3 Å². The van der Waals surface area contributed by atoms with Gasteiger partial charge in [-0.2, -0.15) is 0 Å². The van der Waals surface area contributed by atoms with Crippen LogP contribution in [0.25, 0.3) is 17.2 Å². The third-order valence-corrected chi connectivity index (χ3v) is 7.32. The number of carbonyl (C=O) groups excluding carboxylic acids is 1. The monoisotopic (exact) mass is 652 g/mol. The van der Waals surface area contributed by atoms with E-state index in [4.69, 9.17) is 9.47 Å². The Kier molecular flexibility index (Phi) is 11.8. The van der Waals surface area contributed by atoms with Crippen molar-refractivity contribution < 1.29 is 53.9 Å². The third-order valence-electron chi connectivity index (χ3n) is 7.32. The predicted molar refractivity (Wildman–Crippen MR) is 175 cm³/mol. The van der Waals surface area contributed by atoms with Crippen molar-refractivity contribution in [2.75, 3.05) is 13.2 Å². The van der Waals surface area contributed by atoms with Crippen LogP contribution in [0.2, 0.25) is 0 Å². The van der Waals surface area contributed by atoms with E-state index in [-0.39, 0.29) is 29.3 Å². The lowest BCUT2D eigenvalue weighted by Crippen LogP contribution is -2.15. The number of hydrogen-bond donors (Lipinski definition) is 4. The average Bonchev–Trinajstić information content (AvgIpc) is 3.08. The molecule has 4 N–H and O–H groups in total. The molecular formula is C37H32O11. The highest BCUT2D eigenvalue weighted by Gasteiger charge is 2.29. The van der Waals surface area contributed by atoms with E-state index in [2.05, 4.69) is 0 Å². The zero-order valence-electron chi connectivity index (χ0n) is 25.6. The van der Waals surface area contributed by atoms with E-state index in [1.54, 1.807) is 18.2 Å². The SMILES string of the molecule is O=C(C=Cc1ccc(OCCCCCCOc2ccc(-c3cccc(C(=O)O)c3C(=O)O)c(C(=O)O)c2C(=O)O)cc1)c1ccccc1. The molecule has 0 aliphatic carbocycles. The Bertz CT molecular complexity index is 1840. The topological polar surface area (TPSA) is 185 Å². The summed E-state index contributed by atoms with van der Waals surface area (Å²) in [7, 11) is 0. The summed E-state index contributed by atoms with van der Waals surface area (Å²) in [6.07, 6.45) is 6.06. The van der Waals surface area contributed by atoms with Gasteiger partial charge in [0.2, 0.25) is 0 Å². The van der Waals surface area contributed by atoms with Crippen molar-refractivity contribution in [1.82, 2.24) is 0 Å². The van der Waals surface area contributed by atoms with Gasteiger partial charge in [0.1, 0.15) is 17.1 Å². The van der Waals surface area contributed by atoms with Gasteiger partial charge in [-0.05, 0) is 78.8 Å². The molecule has 0 atom stereocenters. The standard InChI is InChI=1S/C37H32O11/c38-29(24-9-4-3-5-10-24)19-15-23-13-16-25(17-14-23)47-21-6-1-2-7-22-48-30-20-18-27(32(36(43)44)33(30)37(45)46)26-11-8-12-28(34(39)40)31(26)35(41)42/h3-5,8-20H,1-2,6-7,21-22H2,(H,39,40)(H,41,42)(H,43,44)(H,45,46). The molecule has 48 heavy (non-hydrogen) atoms. The summed E-state index contributed by atoms with van der Waals surface area (Å²) in [6.45, 7) is 0.562. The van der Waals surface area contributed by atoms with Gasteiger partial charge < -0.3 is 29.9 Å². The number of ether oxygens (including phenoxy) is 2.